The Labute approximate surface area is 226 Å². The van der Waals surface area contributed by atoms with Crippen LogP contribution in [0.15, 0.2) is 30.3 Å². The lowest BCUT2D eigenvalue weighted by Gasteiger charge is -2.19. The molecule has 1 saturated carbocycles. The van der Waals surface area contributed by atoms with Gasteiger partial charge in [-0.25, -0.2) is 4.98 Å². The highest BCUT2D eigenvalue weighted by molar-refractivity contribution is 7.14. The number of rotatable bonds is 9. The average molecular weight is 533 g/mol. The molecule has 3 aromatic rings. The predicted octanol–water partition coefficient (Wildman–Crippen LogP) is 4.78. The van der Waals surface area contributed by atoms with Crippen LogP contribution in [0.5, 0.6) is 0 Å². The van der Waals surface area contributed by atoms with Gasteiger partial charge in [-0.2, -0.15) is 5.26 Å². The van der Waals surface area contributed by atoms with Crippen LogP contribution in [-0.4, -0.2) is 52.3 Å². The van der Waals surface area contributed by atoms with E-state index in [-0.39, 0.29) is 17.7 Å². The molecular formula is C28H32N6O3S. The van der Waals surface area contributed by atoms with Gasteiger partial charge < -0.3 is 14.4 Å². The van der Waals surface area contributed by atoms with Crippen LogP contribution in [0.3, 0.4) is 0 Å². The van der Waals surface area contributed by atoms with E-state index in [4.69, 9.17) is 10.2 Å². The van der Waals surface area contributed by atoms with Crippen LogP contribution in [0, 0.1) is 17.2 Å². The lowest BCUT2D eigenvalue weighted by molar-refractivity contribution is -0.127. The molecule has 3 amide bonds. The predicted molar refractivity (Wildman–Crippen MR) is 147 cm³/mol. The molecule has 1 aliphatic carbocycles. The van der Waals surface area contributed by atoms with Crippen LogP contribution in [0.1, 0.15) is 65.9 Å². The van der Waals surface area contributed by atoms with Gasteiger partial charge in [-0.05, 0) is 61.9 Å². The second-order valence-corrected chi connectivity index (χ2v) is 11.2. The number of thiophene rings is 1. The summed E-state index contributed by atoms with van der Waals surface area (Å²) in [6, 6.07) is 11.1. The van der Waals surface area contributed by atoms with Crippen LogP contribution >= 0.6 is 11.3 Å². The highest BCUT2D eigenvalue weighted by Crippen LogP contribution is 2.30. The minimum atomic E-state index is -0.327. The highest BCUT2D eigenvalue weighted by Gasteiger charge is 2.23. The number of anilines is 2. The summed E-state index contributed by atoms with van der Waals surface area (Å²) < 4.78 is 1.96. The first-order chi connectivity index (χ1) is 18.4. The van der Waals surface area contributed by atoms with Gasteiger partial charge in [0.05, 0.1) is 15.9 Å². The number of nitriles is 1. The molecule has 1 N–H and O–H groups in total. The second kappa shape index (κ2) is 11.4. The van der Waals surface area contributed by atoms with Crippen LogP contribution in [0.4, 0.5) is 11.6 Å². The zero-order valence-corrected chi connectivity index (χ0v) is 22.4. The number of hydrogen-bond acceptors (Lipinski definition) is 6. The Kier molecular flexibility index (Phi) is 7.74. The molecule has 0 atom stereocenters. The van der Waals surface area contributed by atoms with E-state index in [1.54, 1.807) is 24.1 Å². The smallest absolute Gasteiger partial charge is 0.268 e. The summed E-state index contributed by atoms with van der Waals surface area (Å²) in [6.45, 7) is 2.01. The summed E-state index contributed by atoms with van der Waals surface area (Å²) in [6.07, 6.45) is 7.43. The van der Waals surface area contributed by atoms with E-state index in [1.165, 1.54) is 12.8 Å². The topological polar surface area (TPSA) is 111 Å². The fraction of sp³-hybridized carbons (Fsp3) is 0.464. The fourth-order valence-corrected chi connectivity index (χ4v) is 6.13. The molecule has 0 radical (unpaired) electrons. The molecule has 2 aromatic heterocycles. The number of hydrogen-bond donors (Lipinski definition) is 1. The van der Waals surface area contributed by atoms with Crippen molar-refractivity contribution in [2.45, 2.75) is 57.9 Å². The van der Waals surface area contributed by atoms with Crippen molar-refractivity contribution in [1.82, 2.24) is 14.5 Å². The number of benzene rings is 1. The van der Waals surface area contributed by atoms with Gasteiger partial charge in [-0.1, -0.05) is 12.8 Å². The number of aryl methyl sites for hydroxylation is 1. The van der Waals surface area contributed by atoms with E-state index in [9.17, 15) is 14.4 Å². The maximum atomic E-state index is 13.0. The quantitative estimate of drug-likeness (QED) is 0.426. The fourth-order valence-electron chi connectivity index (χ4n) is 5.43. The van der Waals surface area contributed by atoms with Crippen molar-refractivity contribution < 1.29 is 14.4 Å². The number of carbonyl (C=O) groups excluding carboxylic acids is 3. The van der Waals surface area contributed by atoms with E-state index < -0.39 is 0 Å². The molecule has 2 aliphatic rings. The lowest BCUT2D eigenvalue weighted by atomic mass is 10.0. The largest absolute Gasteiger partial charge is 0.343 e. The summed E-state index contributed by atoms with van der Waals surface area (Å²) in [7, 11) is 1.80. The summed E-state index contributed by atoms with van der Waals surface area (Å²) in [5.74, 6) is 0.838. The lowest BCUT2D eigenvalue weighted by Crippen LogP contribution is -2.27. The van der Waals surface area contributed by atoms with Gasteiger partial charge in [-0.15, -0.1) is 11.3 Å². The summed E-state index contributed by atoms with van der Waals surface area (Å²) in [4.78, 5) is 47.1. The standard InChI is InChI=1S/C28H32N6O3S/c1-32(26(36)16-19-6-2-3-7-19)20-9-11-23-22(17-20)30-28(31-27(37)24-12-10-21(18-29)38-24)34(23)15-5-14-33-13-4-8-25(33)35/h9-12,17,19H,2-8,13-16H2,1H3,(H,30,31,37). The Morgan fingerprint density at radius 3 is 2.71 bits per heavy atom. The Morgan fingerprint density at radius 2 is 2.00 bits per heavy atom. The third kappa shape index (κ3) is 5.58. The van der Waals surface area contributed by atoms with Gasteiger partial charge >= 0.3 is 0 Å². The zero-order valence-electron chi connectivity index (χ0n) is 21.6. The molecule has 5 rings (SSSR count). The minimum absolute atomic E-state index is 0.102. The van der Waals surface area contributed by atoms with Gasteiger partial charge in [0.15, 0.2) is 0 Å². The molecule has 3 heterocycles. The number of fused-ring (bicyclic) bond motifs is 1. The van der Waals surface area contributed by atoms with Gasteiger partial charge in [0, 0.05) is 45.2 Å². The van der Waals surface area contributed by atoms with Crippen molar-refractivity contribution in [3.05, 3.63) is 40.1 Å². The second-order valence-electron chi connectivity index (χ2n) is 10.1. The monoisotopic (exact) mass is 532 g/mol. The van der Waals surface area contributed by atoms with Crippen LogP contribution in [0.25, 0.3) is 11.0 Å². The van der Waals surface area contributed by atoms with Crippen molar-refractivity contribution in [2.24, 2.45) is 5.92 Å². The summed E-state index contributed by atoms with van der Waals surface area (Å²) in [5, 5.41) is 12.0. The van der Waals surface area contributed by atoms with Crippen molar-refractivity contribution in [2.75, 3.05) is 30.4 Å². The SMILES string of the molecule is CN(C(=O)CC1CCCC1)c1ccc2c(c1)nc(NC(=O)c1ccc(C#N)s1)n2CCCN1CCCC1=O. The van der Waals surface area contributed by atoms with Gasteiger partial charge in [0.25, 0.3) is 5.91 Å². The van der Waals surface area contributed by atoms with Crippen molar-refractivity contribution in [3.8, 4) is 6.07 Å². The van der Waals surface area contributed by atoms with Gasteiger partial charge in [-0.3, -0.25) is 19.7 Å². The van der Waals surface area contributed by atoms with Crippen molar-refractivity contribution in [3.63, 3.8) is 0 Å². The average Bonchev–Trinajstić information content (AvgIpc) is 3.72. The Morgan fingerprint density at radius 1 is 1.18 bits per heavy atom. The van der Waals surface area contributed by atoms with Crippen LogP contribution < -0.4 is 10.2 Å². The number of nitrogens with one attached hydrogen (secondary N) is 1. The molecule has 38 heavy (non-hydrogen) atoms. The summed E-state index contributed by atoms with van der Waals surface area (Å²) >= 11 is 1.13. The number of aromatic nitrogens is 2. The maximum Gasteiger partial charge on any atom is 0.268 e. The molecule has 0 unspecified atom stereocenters. The van der Waals surface area contributed by atoms with Crippen LogP contribution in [-0.2, 0) is 16.1 Å². The molecule has 0 bridgehead atoms. The molecule has 1 aliphatic heterocycles. The zero-order chi connectivity index (χ0) is 26.6. The number of nitrogens with zero attached hydrogens (tertiary/aromatic N) is 5. The van der Waals surface area contributed by atoms with Crippen molar-refractivity contribution >= 4 is 51.7 Å². The summed E-state index contributed by atoms with van der Waals surface area (Å²) in [5.41, 5.74) is 2.29. The first-order valence-electron chi connectivity index (χ1n) is 13.3. The number of carbonyl (C=O) groups is 3. The third-order valence-corrected chi connectivity index (χ3v) is 8.57. The van der Waals surface area contributed by atoms with Crippen LogP contribution in [0.2, 0.25) is 0 Å². The van der Waals surface area contributed by atoms with Gasteiger partial charge in [0.2, 0.25) is 17.8 Å². The number of amides is 3. The van der Waals surface area contributed by atoms with Gasteiger partial charge in [0.1, 0.15) is 10.9 Å². The van der Waals surface area contributed by atoms with E-state index in [0.29, 0.717) is 53.1 Å². The highest BCUT2D eigenvalue weighted by atomic mass is 32.1. The molecule has 10 heteroatoms. The molecule has 1 aromatic carbocycles. The third-order valence-electron chi connectivity index (χ3n) is 7.58. The first-order valence-corrected chi connectivity index (χ1v) is 14.1. The van der Waals surface area contributed by atoms with E-state index in [0.717, 1.165) is 54.8 Å². The molecule has 1 saturated heterocycles. The minimum Gasteiger partial charge on any atom is -0.343 e. The molecule has 0 spiro atoms. The Balaban J connectivity index is 1.38. The maximum absolute atomic E-state index is 13.0. The molecular weight excluding hydrogens is 500 g/mol. The van der Waals surface area contributed by atoms with E-state index in [2.05, 4.69) is 11.4 Å². The van der Waals surface area contributed by atoms with E-state index in [1.807, 2.05) is 27.7 Å². The molecule has 2 fully saturated rings. The molecule has 9 nitrogen and oxygen atoms in total. The number of likely N-dealkylation sites (tertiary alicyclic amines) is 1. The first kappa shape index (κ1) is 25.9. The Hall–Kier alpha value is -3.71. The van der Waals surface area contributed by atoms with Crippen molar-refractivity contribution in [1.29, 1.82) is 5.26 Å². The number of imidazole rings is 1. The Bertz CT molecular complexity index is 1400. The molecule has 198 valence electrons. The van der Waals surface area contributed by atoms with E-state index >= 15 is 0 Å². The normalized spacial score (nSPS) is 15.8.